The van der Waals surface area contributed by atoms with E-state index in [0.717, 1.165) is 12.0 Å². The SMILES string of the molecule is Nc1cccc(CC(=O)c2ccc3c(c2)OCCCO3)c1. The standard InChI is InChI=1S/C17H17NO3/c18-14-4-1-3-12(9-14)10-15(19)13-5-6-16-17(11-13)21-8-2-7-20-16/h1,3-6,9,11H,2,7-8,10,18H2. The van der Waals surface area contributed by atoms with Crippen molar-refractivity contribution in [3.63, 3.8) is 0 Å². The maximum atomic E-state index is 12.4. The summed E-state index contributed by atoms with van der Waals surface area (Å²) < 4.78 is 11.2. The van der Waals surface area contributed by atoms with Crippen LogP contribution in [0, 0.1) is 0 Å². The first-order valence-electron chi connectivity index (χ1n) is 6.99. The molecule has 108 valence electrons. The minimum Gasteiger partial charge on any atom is -0.490 e. The van der Waals surface area contributed by atoms with Crippen molar-refractivity contribution in [3.05, 3.63) is 53.6 Å². The summed E-state index contributed by atoms with van der Waals surface area (Å²) in [6.45, 7) is 1.25. The lowest BCUT2D eigenvalue weighted by Crippen LogP contribution is -2.04. The summed E-state index contributed by atoms with van der Waals surface area (Å²) in [5.41, 5.74) is 7.94. The number of Topliss-reactive ketones (excluding diaryl/α,β-unsaturated/α-hetero) is 1. The molecule has 1 heterocycles. The van der Waals surface area contributed by atoms with Crippen LogP contribution in [-0.2, 0) is 6.42 Å². The number of ketones is 1. The molecule has 1 aliphatic rings. The van der Waals surface area contributed by atoms with E-state index in [1.807, 2.05) is 24.3 Å². The van der Waals surface area contributed by atoms with Gasteiger partial charge in [0.2, 0.25) is 0 Å². The van der Waals surface area contributed by atoms with Crippen LogP contribution >= 0.6 is 0 Å². The molecular weight excluding hydrogens is 266 g/mol. The summed E-state index contributed by atoms with van der Waals surface area (Å²) in [6, 6.07) is 12.7. The van der Waals surface area contributed by atoms with E-state index in [1.165, 1.54) is 0 Å². The van der Waals surface area contributed by atoms with Crippen molar-refractivity contribution >= 4 is 11.5 Å². The molecule has 2 aromatic carbocycles. The van der Waals surface area contributed by atoms with Crippen LogP contribution in [0.25, 0.3) is 0 Å². The fourth-order valence-corrected chi connectivity index (χ4v) is 2.33. The molecule has 4 heteroatoms. The first kappa shape index (κ1) is 13.5. The molecule has 4 nitrogen and oxygen atoms in total. The van der Waals surface area contributed by atoms with Crippen molar-refractivity contribution in [2.75, 3.05) is 18.9 Å². The molecule has 0 radical (unpaired) electrons. The molecule has 0 aromatic heterocycles. The maximum Gasteiger partial charge on any atom is 0.167 e. The molecule has 0 aliphatic carbocycles. The Morgan fingerprint density at radius 3 is 2.67 bits per heavy atom. The summed E-state index contributed by atoms with van der Waals surface area (Å²) in [5.74, 6) is 1.38. The quantitative estimate of drug-likeness (QED) is 0.695. The highest BCUT2D eigenvalue weighted by atomic mass is 16.5. The van der Waals surface area contributed by atoms with Gasteiger partial charge in [-0.15, -0.1) is 0 Å². The van der Waals surface area contributed by atoms with E-state index in [-0.39, 0.29) is 5.78 Å². The van der Waals surface area contributed by atoms with Gasteiger partial charge < -0.3 is 15.2 Å². The second kappa shape index (κ2) is 5.87. The Morgan fingerprint density at radius 1 is 1.05 bits per heavy atom. The minimum atomic E-state index is 0.0382. The van der Waals surface area contributed by atoms with Crippen molar-refractivity contribution in [1.82, 2.24) is 0 Å². The van der Waals surface area contributed by atoms with Gasteiger partial charge in [0.25, 0.3) is 0 Å². The molecule has 0 atom stereocenters. The van der Waals surface area contributed by atoms with Crippen molar-refractivity contribution in [2.45, 2.75) is 12.8 Å². The van der Waals surface area contributed by atoms with Gasteiger partial charge in [0.1, 0.15) is 0 Å². The van der Waals surface area contributed by atoms with Crippen molar-refractivity contribution in [3.8, 4) is 11.5 Å². The summed E-state index contributed by atoms with van der Waals surface area (Å²) in [5, 5.41) is 0. The zero-order valence-electron chi connectivity index (χ0n) is 11.7. The molecule has 0 saturated heterocycles. The molecule has 21 heavy (non-hydrogen) atoms. The number of fused-ring (bicyclic) bond motifs is 1. The highest BCUT2D eigenvalue weighted by Crippen LogP contribution is 2.30. The lowest BCUT2D eigenvalue weighted by atomic mass is 10.0. The van der Waals surface area contributed by atoms with Crippen LogP contribution in [0.4, 0.5) is 5.69 Å². The van der Waals surface area contributed by atoms with Gasteiger partial charge in [-0.2, -0.15) is 0 Å². The van der Waals surface area contributed by atoms with Crippen LogP contribution in [0.3, 0.4) is 0 Å². The third kappa shape index (κ3) is 3.16. The summed E-state index contributed by atoms with van der Waals surface area (Å²) >= 11 is 0. The van der Waals surface area contributed by atoms with Crippen molar-refractivity contribution in [2.24, 2.45) is 0 Å². The first-order chi connectivity index (χ1) is 10.2. The molecule has 2 N–H and O–H groups in total. The zero-order chi connectivity index (χ0) is 14.7. The third-order valence-electron chi connectivity index (χ3n) is 3.39. The number of anilines is 1. The molecule has 1 aliphatic heterocycles. The van der Waals surface area contributed by atoms with Crippen LogP contribution in [0.15, 0.2) is 42.5 Å². The van der Waals surface area contributed by atoms with Crippen molar-refractivity contribution in [1.29, 1.82) is 0 Å². The molecule has 0 saturated carbocycles. The van der Waals surface area contributed by atoms with Crippen LogP contribution in [-0.4, -0.2) is 19.0 Å². The smallest absolute Gasteiger partial charge is 0.167 e. The van der Waals surface area contributed by atoms with Gasteiger partial charge in [0.05, 0.1) is 13.2 Å². The molecule has 0 bridgehead atoms. The molecule has 0 spiro atoms. The van der Waals surface area contributed by atoms with E-state index in [2.05, 4.69) is 0 Å². The Hall–Kier alpha value is -2.49. The topological polar surface area (TPSA) is 61.6 Å². The van der Waals surface area contributed by atoms with Crippen LogP contribution in [0.2, 0.25) is 0 Å². The highest BCUT2D eigenvalue weighted by molar-refractivity contribution is 5.98. The molecule has 2 aromatic rings. The summed E-state index contributed by atoms with van der Waals surface area (Å²) in [7, 11) is 0. The van der Waals surface area contributed by atoms with Gasteiger partial charge in [-0.3, -0.25) is 4.79 Å². The molecular formula is C17H17NO3. The van der Waals surface area contributed by atoms with Crippen molar-refractivity contribution < 1.29 is 14.3 Å². The normalized spacial score (nSPS) is 13.5. The van der Waals surface area contributed by atoms with E-state index in [4.69, 9.17) is 15.2 Å². The van der Waals surface area contributed by atoms with Gasteiger partial charge >= 0.3 is 0 Å². The number of benzene rings is 2. The lowest BCUT2D eigenvalue weighted by molar-refractivity contribution is 0.0992. The van der Waals surface area contributed by atoms with E-state index in [9.17, 15) is 4.79 Å². The Bertz CT molecular complexity index is 667. The Kier molecular flexibility index (Phi) is 3.77. The van der Waals surface area contributed by atoms with Gasteiger partial charge in [-0.05, 0) is 35.9 Å². The van der Waals surface area contributed by atoms with Crippen LogP contribution < -0.4 is 15.2 Å². The van der Waals surface area contributed by atoms with Gasteiger partial charge in [-0.1, -0.05) is 12.1 Å². The van der Waals surface area contributed by atoms with Crippen LogP contribution in [0.1, 0.15) is 22.3 Å². The highest BCUT2D eigenvalue weighted by Gasteiger charge is 2.14. The number of nitrogen functional groups attached to an aromatic ring is 1. The average molecular weight is 283 g/mol. The van der Waals surface area contributed by atoms with Gasteiger partial charge in [0, 0.05) is 24.1 Å². The van der Waals surface area contributed by atoms with Gasteiger partial charge in [0.15, 0.2) is 17.3 Å². The number of hydrogen-bond acceptors (Lipinski definition) is 4. The number of ether oxygens (including phenoxy) is 2. The largest absolute Gasteiger partial charge is 0.490 e. The van der Waals surface area contributed by atoms with Crippen LogP contribution in [0.5, 0.6) is 11.5 Å². The van der Waals surface area contributed by atoms with E-state index in [1.54, 1.807) is 18.2 Å². The Morgan fingerprint density at radius 2 is 1.86 bits per heavy atom. The molecule has 0 fully saturated rings. The average Bonchev–Trinajstić information content (AvgIpc) is 2.71. The zero-order valence-corrected chi connectivity index (χ0v) is 11.7. The number of nitrogens with two attached hydrogens (primary N) is 1. The fraction of sp³-hybridized carbons (Fsp3) is 0.235. The predicted molar refractivity (Wildman–Crippen MR) is 80.9 cm³/mol. The maximum absolute atomic E-state index is 12.4. The number of hydrogen-bond donors (Lipinski definition) is 1. The molecule has 0 unspecified atom stereocenters. The number of rotatable bonds is 3. The van der Waals surface area contributed by atoms with E-state index >= 15 is 0 Å². The third-order valence-corrected chi connectivity index (χ3v) is 3.39. The summed E-state index contributed by atoms with van der Waals surface area (Å²) in [6.07, 6.45) is 1.17. The number of carbonyl (C=O) groups is 1. The molecule has 0 amide bonds. The predicted octanol–water partition coefficient (Wildman–Crippen LogP) is 2.86. The second-order valence-corrected chi connectivity index (χ2v) is 5.06. The molecule has 3 rings (SSSR count). The fourth-order valence-electron chi connectivity index (χ4n) is 2.33. The first-order valence-corrected chi connectivity index (χ1v) is 6.99. The number of carbonyl (C=O) groups excluding carboxylic acids is 1. The Balaban J connectivity index is 1.80. The second-order valence-electron chi connectivity index (χ2n) is 5.06. The Labute approximate surface area is 123 Å². The van der Waals surface area contributed by atoms with E-state index in [0.29, 0.717) is 42.4 Å². The monoisotopic (exact) mass is 283 g/mol. The lowest BCUT2D eigenvalue weighted by Gasteiger charge is -2.09. The van der Waals surface area contributed by atoms with Gasteiger partial charge in [-0.25, -0.2) is 0 Å². The van der Waals surface area contributed by atoms with E-state index < -0.39 is 0 Å². The summed E-state index contributed by atoms with van der Waals surface area (Å²) in [4.78, 5) is 12.4. The minimum absolute atomic E-state index is 0.0382.